The maximum Gasteiger partial charge on any atom is 0.373 e. The molecule has 1 aromatic carbocycles. The molecule has 3 aliphatic rings. The van der Waals surface area contributed by atoms with Gasteiger partial charge in [0.25, 0.3) is 0 Å². The topological polar surface area (TPSA) is 204 Å². The van der Waals surface area contributed by atoms with Gasteiger partial charge in [0.2, 0.25) is 0 Å². The Morgan fingerprint density at radius 1 is 0.933 bits per heavy atom. The molecule has 16 nitrogen and oxygen atoms in total. The van der Waals surface area contributed by atoms with Crippen LogP contribution in [0.4, 0.5) is 0 Å². The van der Waals surface area contributed by atoms with E-state index >= 15 is 0 Å². The van der Waals surface area contributed by atoms with Crippen LogP contribution in [0.15, 0.2) is 30.3 Å². The van der Waals surface area contributed by atoms with E-state index in [2.05, 4.69) is 5.32 Å². The second kappa shape index (κ2) is 20.9. The van der Waals surface area contributed by atoms with E-state index in [1.54, 1.807) is 78.8 Å². The number of methoxy groups -OCH3 is 1. The van der Waals surface area contributed by atoms with E-state index in [1.165, 1.54) is 14.0 Å². The largest absolute Gasteiger partial charge is 0.459 e. The number of carbonyl (C=O) groups excluding carboxylic acids is 2. The predicted octanol–water partition coefficient (Wildman–Crippen LogP) is 3.35. The summed E-state index contributed by atoms with van der Waals surface area (Å²) < 4.78 is 38.2. The zero-order valence-corrected chi connectivity index (χ0v) is 37.9. The van der Waals surface area contributed by atoms with Gasteiger partial charge in [-0.15, -0.1) is 0 Å². The summed E-state index contributed by atoms with van der Waals surface area (Å²) in [6, 6.07) is 7.44. The van der Waals surface area contributed by atoms with Crippen molar-refractivity contribution in [3.8, 4) is 0 Å². The van der Waals surface area contributed by atoms with Gasteiger partial charge in [0.1, 0.15) is 23.9 Å². The van der Waals surface area contributed by atoms with Gasteiger partial charge in [-0.2, -0.15) is 4.89 Å². The second-order valence-electron chi connectivity index (χ2n) is 18.5. The summed E-state index contributed by atoms with van der Waals surface area (Å²) in [5.74, 6) is -3.55. The van der Waals surface area contributed by atoms with Crippen LogP contribution in [0.5, 0.6) is 0 Å². The molecular weight excluding hydrogens is 780 g/mol. The number of ether oxygens (including phenoxy) is 6. The van der Waals surface area contributed by atoms with Crippen LogP contribution in [0.1, 0.15) is 105 Å². The maximum absolute atomic E-state index is 14.4. The van der Waals surface area contributed by atoms with Crippen LogP contribution >= 0.6 is 0 Å². The first kappa shape index (κ1) is 50.3. The molecule has 0 saturated carbocycles. The Morgan fingerprint density at radius 3 is 2.18 bits per heavy atom. The summed E-state index contributed by atoms with van der Waals surface area (Å²) in [6.45, 7) is 17.7. The van der Waals surface area contributed by atoms with Crippen LogP contribution in [0, 0.1) is 17.8 Å². The Kier molecular flexibility index (Phi) is 17.5. The molecule has 3 heterocycles. The van der Waals surface area contributed by atoms with Crippen molar-refractivity contribution in [3.05, 3.63) is 35.9 Å². The standard InChI is InChI=1S/C44H74N2O14/c1-14-32-44(10,52)36(47)28(6)45-23-24(2)21-42(8,51)38(26(4)34(27(5)39(49)56-32)57-33-22-43(9,53-13)37(48)29(7)55-33)58-41-35(31(46(11)12)20-25(3)54-41)59-60-40(50)30-18-16-15-17-19-30/h15-19,24-29,31-38,41,45,47-48,51-52H,14,20-23H2,1-13H3/t24-,25?,26?,27?,28-,29?,31?,32?,33+,34?,35-,36-,37+,38-,41?,42?,43-,44-/m1/s1. The Hall–Kier alpha value is -2.32. The van der Waals surface area contributed by atoms with Crippen molar-refractivity contribution in [2.75, 3.05) is 27.7 Å². The van der Waals surface area contributed by atoms with Crippen molar-refractivity contribution in [2.45, 2.75) is 185 Å². The summed E-state index contributed by atoms with van der Waals surface area (Å²) in [5, 5.41) is 50.2. The minimum atomic E-state index is -1.84. The Labute approximate surface area is 356 Å². The molecule has 0 amide bonds. The molecule has 16 heteroatoms. The fourth-order valence-electron chi connectivity index (χ4n) is 9.17. The molecule has 9 unspecified atom stereocenters. The molecule has 1 aromatic rings. The molecule has 0 bridgehead atoms. The maximum atomic E-state index is 14.4. The van der Waals surface area contributed by atoms with Crippen LogP contribution in [0.3, 0.4) is 0 Å². The van der Waals surface area contributed by atoms with Crippen LogP contribution in [0.25, 0.3) is 0 Å². The van der Waals surface area contributed by atoms with Crippen molar-refractivity contribution in [2.24, 2.45) is 17.8 Å². The number of esters is 1. The average molecular weight is 855 g/mol. The summed E-state index contributed by atoms with van der Waals surface area (Å²) in [4.78, 5) is 40.8. The molecule has 0 aromatic heterocycles. The highest BCUT2D eigenvalue weighted by molar-refractivity contribution is 5.88. The molecule has 0 aliphatic carbocycles. The van der Waals surface area contributed by atoms with E-state index in [9.17, 15) is 30.0 Å². The van der Waals surface area contributed by atoms with Gasteiger partial charge in [0.05, 0.1) is 47.1 Å². The Morgan fingerprint density at radius 2 is 1.58 bits per heavy atom. The van der Waals surface area contributed by atoms with E-state index in [0.717, 1.165) is 0 Å². The number of likely N-dealkylation sites (N-methyl/N-ethyl adjacent to an activating group) is 1. The normalized spacial score (nSPS) is 44.0. The number of benzene rings is 1. The van der Waals surface area contributed by atoms with E-state index in [1.807, 2.05) is 32.8 Å². The number of rotatable bonds is 10. The number of hydrogen-bond donors (Lipinski definition) is 5. The van der Waals surface area contributed by atoms with Crippen molar-refractivity contribution >= 4 is 11.9 Å². The van der Waals surface area contributed by atoms with Crippen molar-refractivity contribution in [3.63, 3.8) is 0 Å². The first-order chi connectivity index (χ1) is 28.0. The van der Waals surface area contributed by atoms with Gasteiger partial charge in [0.15, 0.2) is 18.7 Å². The fourth-order valence-corrected chi connectivity index (χ4v) is 9.17. The van der Waals surface area contributed by atoms with Gasteiger partial charge in [-0.05, 0) is 106 Å². The molecule has 0 spiro atoms. The SMILES string of the molecule is CCC1OC(=O)C(C)C(O[C@H]2C[C@@](C)(OC)[C@@H](O)C(C)O2)C(C)[C@@H](OC2OC(C)CC(N(C)C)[C@H]2OOC(=O)c2ccccc2)C(C)(O)C[C@@H](C)CN[C@H](C)[C@@H](O)[C@]1(C)O. The number of cyclic esters (lactones) is 1. The van der Waals surface area contributed by atoms with E-state index in [-0.39, 0.29) is 42.9 Å². The quantitative estimate of drug-likeness (QED) is 0.130. The first-order valence-electron chi connectivity index (χ1n) is 21.5. The van der Waals surface area contributed by atoms with Crippen LogP contribution in [0.2, 0.25) is 0 Å². The van der Waals surface area contributed by atoms with Gasteiger partial charge in [-0.1, -0.05) is 39.0 Å². The number of carbonyl (C=O) groups is 2. The zero-order chi connectivity index (χ0) is 44.9. The van der Waals surface area contributed by atoms with Crippen molar-refractivity contribution in [1.29, 1.82) is 0 Å². The van der Waals surface area contributed by atoms with Crippen molar-refractivity contribution < 1.29 is 68.2 Å². The molecule has 0 radical (unpaired) electrons. The number of nitrogens with zero attached hydrogens (tertiary/aromatic N) is 1. The molecule has 60 heavy (non-hydrogen) atoms. The lowest BCUT2D eigenvalue weighted by atomic mass is 9.77. The molecule has 344 valence electrons. The summed E-state index contributed by atoms with van der Waals surface area (Å²) in [6.07, 6.45) is -8.93. The first-order valence-corrected chi connectivity index (χ1v) is 21.5. The van der Waals surface area contributed by atoms with Gasteiger partial charge in [-0.3, -0.25) is 9.68 Å². The summed E-state index contributed by atoms with van der Waals surface area (Å²) in [5.41, 5.74) is -4.26. The second-order valence-corrected chi connectivity index (χ2v) is 18.5. The minimum Gasteiger partial charge on any atom is -0.459 e. The van der Waals surface area contributed by atoms with Crippen LogP contribution in [-0.4, -0.2) is 155 Å². The van der Waals surface area contributed by atoms with Crippen molar-refractivity contribution in [1.82, 2.24) is 10.2 Å². The number of hydrogen-bond acceptors (Lipinski definition) is 16. The number of nitrogens with one attached hydrogen (secondary N) is 1. The lowest BCUT2D eigenvalue weighted by Gasteiger charge is -2.49. The van der Waals surface area contributed by atoms with E-state index in [4.69, 9.17) is 38.2 Å². The van der Waals surface area contributed by atoms with Gasteiger partial charge < -0.3 is 59.1 Å². The average Bonchev–Trinajstić information content (AvgIpc) is 3.19. The van der Waals surface area contributed by atoms with Gasteiger partial charge in [-0.25, -0.2) is 4.79 Å². The van der Waals surface area contributed by atoms with E-state index in [0.29, 0.717) is 13.0 Å². The van der Waals surface area contributed by atoms with E-state index < -0.39 is 102 Å². The fraction of sp³-hybridized carbons (Fsp3) is 0.818. The lowest BCUT2D eigenvalue weighted by Crippen LogP contribution is -2.61. The number of aliphatic hydroxyl groups is 4. The molecule has 3 aliphatic heterocycles. The highest BCUT2D eigenvalue weighted by atomic mass is 17.2. The summed E-state index contributed by atoms with van der Waals surface area (Å²) in [7, 11) is 5.24. The highest BCUT2D eigenvalue weighted by Gasteiger charge is 2.53. The third kappa shape index (κ3) is 11.8. The molecule has 4 rings (SSSR count). The third-order valence-corrected chi connectivity index (χ3v) is 12.9. The highest BCUT2D eigenvalue weighted by Crippen LogP contribution is 2.40. The third-order valence-electron chi connectivity index (χ3n) is 12.9. The monoisotopic (exact) mass is 855 g/mol. The van der Waals surface area contributed by atoms with Gasteiger partial charge >= 0.3 is 11.9 Å². The Bertz CT molecular complexity index is 1520. The summed E-state index contributed by atoms with van der Waals surface area (Å²) >= 11 is 0. The molecule has 18 atom stereocenters. The molecular formula is C44H74N2O14. The molecule has 5 N–H and O–H groups in total. The lowest BCUT2D eigenvalue weighted by molar-refractivity contribution is -0.375. The van der Waals surface area contributed by atoms with Gasteiger partial charge in [0, 0.05) is 31.5 Å². The van der Waals surface area contributed by atoms with Crippen LogP contribution in [-0.2, 0) is 43.0 Å². The number of aliphatic hydroxyl groups excluding tert-OH is 2. The van der Waals surface area contributed by atoms with Crippen LogP contribution < -0.4 is 5.32 Å². The Balaban J connectivity index is 1.82. The minimum absolute atomic E-state index is 0.0947. The smallest absolute Gasteiger partial charge is 0.373 e. The molecule has 3 fully saturated rings. The molecule has 3 saturated heterocycles. The zero-order valence-electron chi connectivity index (χ0n) is 37.9. The predicted molar refractivity (Wildman–Crippen MR) is 220 cm³/mol.